The number of carbonyl (C=O) groups is 1. The fourth-order valence-corrected chi connectivity index (χ4v) is 4.54. The Morgan fingerprint density at radius 1 is 1.36 bits per heavy atom. The lowest BCUT2D eigenvalue weighted by Crippen LogP contribution is -2.32. The Morgan fingerprint density at radius 3 is 2.64 bits per heavy atom. The van der Waals surface area contributed by atoms with Crippen LogP contribution < -0.4 is 10.6 Å². The zero-order chi connectivity index (χ0) is 17.7. The maximum absolute atomic E-state index is 12.4. The summed E-state index contributed by atoms with van der Waals surface area (Å²) in [6.45, 7) is 8.28. The van der Waals surface area contributed by atoms with Gasteiger partial charge in [0.05, 0.1) is 28.8 Å². The lowest BCUT2D eigenvalue weighted by Gasteiger charge is -2.07. The molecule has 1 aliphatic rings. The molecule has 0 radical (unpaired) electrons. The highest BCUT2D eigenvalue weighted by molar-refractivity contribution is 7.91. The minimum atomic E-state index is -2.98. The third kappa shape index (κ3) is 5.97. The van der Waals surface area contributed by atoms with Crippen LogP contribution in [0.3, 0.4) is 0 Å². The van der Waals surface area contributed by atoms with Crippen molar-refractivity contribution in [2.24, 2.45) is 0 Å². The molecule has 1 amide bonds. The number of carbonyl (C=O) groups excluding carboxylic acids is 1. The Hall–Kier alpha value is -1.12. The van der Waals surface area contributed by atoms with Crippen LogP contribution in [0.2, 0.25) is 0 Å². The summed E-state index contributed by atoms with van der Waals surface area (Å²) in [5.74, 6) is 0.250. The van der Waals surface area contributed by atoms with Crippen molar-refractivity contribution in [1.82, 2.24) is 20.4 Å². The molecule has 1 saturated heterocycles. The van der Waals surface area contributed by atoms with E-state index in [-0.39, 0.29) is 41.8 Å². The lowest BCUT2D eigenvalue weighted by atomic mass is 10.1. The first-order valence-electron chi connectivity index (χ1n) is 8.62. The number of nitrogens with one attached hydrogen (secondary N) is 2. The highest BCUT2D eigenvalue weighted by Gasteiger charge is 2.31. The van der Waals surface area contributed by atoms with Crippen LogP contribution in [-0.2, 0) is 9.84 Å². The summed E-state index contributed by atoms with van der Waals surface area (Å²) >= 11 is 0. The fraction of sp³-hybridized carbons (Fsp3) is 0.750. The Morgan fingerprint density at radius 2 is 2.08 bits per heavy atom. The molecule has 1 fully saturated rings. The van der Waals surface area contributed by atoms with Crippen LogP contribution in [0.15, 0.2) is 6.20 Å². The van der Waals surface area contributed by atoms with Crippen LogP contribution >= 0.6 is 12.4 Å². The van der Waals surface area contributed by atoms with E-state index in [0.29, 0.717) is 18.5 Å². The number of hydrogen-bond donors (Lipinski definition) is 2. The van der Waals surface area contributed by atoms with Gasteiger partial charge in [0.15, 0.2) is 9.84 Å². The van der Waals surface area contributed by atoms with E-state index in [0.717, 1.165) is 25.2 Å². The van der Waals surface area contributed by atoms with Crippen LogP contribution in [0.4, 0.5) is 0 Å². The standard InChI is InChI=1S/C16H28N4O3S.ClH/c1-4-6-17-7-8-18-16(21)14-10-20(19-15(14)12(2)3)13-5-9-24(22,23)11-13;/h10,12-13,17H,4-9,11H2,1-3H3,(H,18,21);1H. The molecule has 144 valence electrons. The summed E-state index contributed by atoms with van der Waals surface area (Å²) in [5, 5.41) is 10.6. The second-order valence-corrected chi connectivity index (χ2v) is 8.85. The van der Waals surface area contributed by atoms with E-state index >= 15 is 0 Å². The fourth-order valence-electron chi connectivity index (χ4n) is 2.84. The van der Waals surface area contributed by atoms with Crippen molar-refractivity contribution in [3.8, 4) is 0 Å². The van der Waals surface area contributed by atoms with Gasteiger partial charge in [0.2, 0.25) is 0 Å². The minimum Gasteiger partial charge on any atom is -0.351 e. The smallest absolute Gasteiger partial charge is 0.254 e. The van der Waals surface area contributed by atoms with E-state index in [1.54, 1.807) is 10.9 Å². The molecule has 9 heteroatoms. The Kier molecular flexibility index (Phi) is 8.37. The van der Waals surface area contributed by atoms with Gasteiger partial charge in [-0.1, -0.05) is 20.8 Å². The van der Waals surface area contributed by atoms with E-state index in [1.165, 1.54) is 0 Å². The molecule has 2 heterocycles. The Labute approximate surface area is 156 Å². The zero-order valence-corrected chi connectivity index (χ0v) is 16.8. The SMILES string of the molecule is CCCNCCNC(=O)c1cn(C2CCS(=O)(=O)C2)nc1C(C)C.Cl. The number of rotatable bonds is 8. The van der Waals surface area contributed by atoms with Gasteiger partial charge in [-0.25, -0.2) is 8.42 Å². The second kappa shape index (κ2) is 9.54. The molecule has 2 N–H and O–H groups in total. The van der Waals surface area contributed by atoms with E-state index in [1.807, 2.05) is 13.8 Å². The predicted molar refractivity (Wildman–Crippen MR) is 101 cm³/mol. The van der Waals surface area contributed by atoms with Gasteiger partial charge in [0, 0.05) is 19.3 Å². The monoisotopic (exact) mass is 392 g/mol. The maximum atomic E-state index is 12.4. The van der Waals surface area contributed by atoms with Crippen molar-refractivity contribution < 1.29 is 13.2 Å². The van der Waals surface area contributed by atoms with E-state index in [9.17, 15) is 13.2 Å². The zero-order valence-electron chi connectivity index (χ0n) is 15.1. The number of halogens is 1. The molecule has 1 aromatic heterocycles. The average Bonchev–Trinajstić information content (AvgIpc) is 3.10. The molecular weight excluding hydrogens is 364 g/mol. The van der Waals surface area contributed by atoms with Crippen molar-refractivity contribution in [1.29, 1.82) is 0 Å². The molecule has 0 spiro atoms. The molecule has 0 bridgehead atoms. The molecule has 1 aromatic rings. The maximum Gasteiger partial charge on any atom is 0.254 e. The van der Waals surface area contributed by atoms with Crippen molar-refractivity contribution in [2.75, 3.05) is 31.1 Å². The van der Waals surface area contributed by atoms with Gasteiger partial charge in [0.25, 0.3) is 5.91 Å². The van der Waals surface area contributed by atoms with Crippen molar-refractivity contribution >= 4 is 28.2 Å². The summed E-state index contributed by atoms with van der Waals surface area (Å²) in [4.78, 5) is 12.4. The first kappa shape index (κ1) is 21.9. The predicted octanol–water partition coefficient (Wildman–Crippen LogP) is 1.52. The third-order valence-corrected chi connectivity index (χ3v) is 5.90. The van der Waals surface area contributed by atoms with E-state index in [2.05, 4.69) is 22.7 Å². The highest BCUT2D eigenvalue weighted by atomic mass is 35.5. The van der Waals surface area contributed by atoms with Gasteiger partial charge in [0.1, 0.15) is 0 Å². The normalized spacial score (nSPS) is 19.0. The first-order valence-corrected chi connectivity index (χ1v) is 10.4. The summed E-state index contributed by atoms with van der Waals surface area (Å²) in [5.41, 5.74) is 1.27. The Bertz CT molecular complexity index is 673. The number of hydrogen-bond acceptors (Lipinski definition) is 5. The molecule has 7 nitrogen and oxygen atoms in total. The number of sulfone groups is 1. The number of amides is 1. The van der Waals surface area contributed by atoms with Crippen LogP contribution in [0.5, 0.6) is 0 Å². The summed E-state index contributed by atoms with van der Waals surface area (Å²) in [7, 11) is -2.98. The van der Waals surface area contributed by atoms with Gasteiger partial charge in [-0.15, -0.1) is 12.4 Å². The Balaban J connectivity index is 0.00000312. The number of nitrogens with zero attached hydrogens (tertiary/aromatic N) is 2. The number of aromatic nitrogens is 2. The van der Waals surface area contributed by atoms with E-state index in [4.69, 9.17) is 0 Å². The molecule has 2 rings (SSSR count). The van der Waals surface area contributed by atoms with E-state index < -0.39 is 9.84 Å². The quantitative estimate of drug-likeness (QED) is 0.654. The summed E-state index contributed by atoms with van der Waals surface area (Å²) in [6.07, 6.45) is 3.32. The van der Waals surface area contributed by atoms with Crippen molar-refractivity contribution in [2.45, 2.75) is 45.6 Å². The largest absolute Gasteiger partial charge is 0.351 e. The van der Waals surface area contributed by atoms with Crippen LogP contribution in [0, 0.1) is 0 Å². The van der Waals surface area contributed by atoms with Crippen LogP contribution in [-0.4, -0.2) is 55.2 Å². The van der Waals surface area contributed by atoms with Gasteiger partial charge < -0.3 is 10.6 Å². The summed E-state index contributed by atoms with van der Waals surface area (Å²) in [6, 6.07) is -0.166. The highest BCUT2D eigenvalue weighted by Crippen LogP contribution is 2.26. The molecular formula is C16H29ClN4O3S. The second-order valence-electron chi connectivity index (χ2n) is 6.63. The topological polar surface area (TPSA) is 93.1 Å². The average molecular weight is 393 g/mol. The van der Waals surface area contributed by atoms with Gasteiger partial charge >= 0.3 is 0 Å². The van der Waals surface area contributed by atoms with Gasteiger partial charge in [-0.3, -0.25) is 9.48 Å². The van der Waals surface area contributed by atoms with Crippen molar-refractivity contribution in [3.63, 3.8) is 0 Å². The van der Waals surface area contributed by atoms with Gasteiger partial charge in [-0.05, 0) is 25.3 Å². The van der Waals surface area contributed by atoms with Gasteiger partial charge in [-0.2, -0.15) is 5.10 Å². The molecule has 1 aliphatic heterocycles. The minimum absolute atomic E-state index is 0. The first-order chi connectivity index (χ1) is 11.3. The van der Waals surface area contributed by atoms with Crippen LogP contribution in [0.1, 0.15) is 61.6 Å². The molecule has 0 saturated carbocycles. The lowest BCUT2D eigenvalue weighted by molar-refractivity contribution is 0.0952. The van der Waals surface area contributed by atoms with Crippen LogP contribution in [0.25, 0.3) is 0 Å². The molecule has 1 atom stereocenters. The molecule has 25 heavy (non-hydrogen) atoms. The summed E-state index contributed by atoms with van der Waals surface area (Å²) < 4.78 is 25.0. The van der Waals surface area contributed by atoms with Crippen molar-refractivity contribution in [3.05, 3.63) is 17.5 Å². The molecule has 0 aromatic carbocycles. The third-order valence-electron chi connectivity index (χ3n) is 4.15. The molecule has 1 unspecified atom stereocenters. The molecule has 0 aliphatic carbocycles.